The highest BCUT2D eigenvalue weighted by Gasteiger charge is 2.12. The maximum Gasteiger partial charge on any atom is 0.307 e. The van der Waals surface area contributed by atoms with Gasteiger partial charge in [-0.3, -0.25) is 9.78 Å². The molecule has 1 aromatic heterocycles. The van der Waals surface area contributed by atoms with Crippen molar-refractivity contribution >= 4 is 11.3 Å². The molecular weight excluding hydrogens is 254 g/mol. The Hall–Kier alpha value is -1.95. The number of thiazole rings is 1. The van der Waals surface area contributed by atoms with E-state index in [-0.39, 0.29) is 10.8 Å². The van der Waals surface area contributed by atoms with Crippen molar-refractivity contribution in [2.75, 3.05) is 14.2 Å². The Morgan fingerprint density at radius 3 is 2.67 bits per heavy atom. The number of benzene rings is 1. The molecule has 0 saturated heterocycles. The van der Waals surface area contributed by atoms with Gasteiger partial charge in [-0.2, -0.15) is 0 Å². The zero-order valence-corrected chi connectivity index (χ0v) is 10.8. The Kier molecular flexibility index (Phi) is 3.57. The fraction of sp³-hybridized carbons (Fsp3) is 0.250. The maximum atomic E-state index is 11.1. The van der Waals surface area contributed by atoms with Crippen molar-refractivity contribution in [1.29, 1.82) is 0 Å². The van der Waals surface area contributed by atoms with Gasteiger partial charge in [-0.25, -0.2) is 0 Å². The van der Waals surface area contributed by atoms with Crippen LogP contribution in [0.3, 0.4) is 0 Å². The van der Waals surface area contributed by atoms with Crippen LogP contribution in [0.5, 0.6) is 17.4 Å². The van der Waals surface area contributed by atoms with E-state index in [4.69, 9.17) is 9.47 Å². The third kappa shape index (κ3) is 2.48. The van der Waals surface area contributed by atoms with Gasteiger partial charge in [-0.1, -0.05) is 11.3 Å². The predicted molar refractivity (Wildman–Crippen MR) is 69.0 cm³/mol. The number of hydrogen-bond donors (Lipinski definition) is 2. The van der Waals surface area contributed by atoms with Crippen LogP contribution < -0.4 is 14.3 Å². The number of rotatable bonds is 4. The van der Waals surface area contributed by atoms with Crippen LogP contribution >= 0.6 is 11.3 Å². The molecule has 0 saturated carbocycles. The van der Waals surface area contributed by atoms with Crippen LogP contribution in [0.4, 0.5) is 0 Å². The lowest BCUT2D eigenvalue weighted by Gasteiger charge is -2.09. The topological polar surface area (TPSA) is 71.5 Å². The van der Waals surface area contributed by atoms with Gasteiger partial charge < -0.3 is 14.6 Å². The molecular formula is C12H13NO4S. The lowest BCUT2D eigenvalue weighted by molar-refractivity contribution is 0.399. The van der Waals surface area contributed by atoms with E-state index in [1.54, 1.807) is 26.4 Å². The smallest absolute Gasteiger partial charge is 0.307 e. The van der Waals surface area contributed by atoms with Gasteiger partial charge in [0.05, 0.1) is 19.1 Å². The Bertz CT molecular complexity index is 602. The second kappa shape index (κ2) is 5.14. The summed E-state index contributed by atoms with van der Waals surface area (Å²) < 4.78 is 10.4. The van der Waals surface area contributed by atoms with Crippen LogP contribution in [0.2, 0.25) is 0 Å². The SMILES string of the molecule is COc1ccc(OC)c(Cc2sc(=O)[nH]c2O)c1. The average Bonchev–Trinajstić information content (AvgIpc) is 2.67. The van der Waals surface area contributed by atoms with Crippen molar-refractivity contribution in [3.05, 3.63) is 38.3 Å². The van der Waals surface area contributed by atoms with Crippen LogP contribution in [-0.2, 0) is 6.42 Å². The van der Waals surface area contributed by atoms with Gasteiger partial charge >= 0.3 is 4.87 Å². The van der Waals surface area contributed by atoms with Crippen LogP contribution in [0, 0.1) is 0 Å². The molecule has 0 aliphatic heterocycles. The molecule has 6 heteroatoms. The molecule has 96 valence electrons. The van der Waals surface area contributed by atoms with Crippen molar-refractivity contribution < 1.29 is 14.6 Å². The fourth-order valence-corrected chi connectivity index (χ4v) is 2.41. The fourth-order valence-electron chi connectivity index (χ4n) is 1.66. The van der Waals surface area contributed by atoms with E-state index in [0.29, 0.717) is 22.8 Å². The molecule has 0 aliphatic rings. The summed E-state index contributed by atoms with van der Waals surface area (Å²) in [5.74, 6) is 1.30. The average molecular weight is 267 g/mol. The first kappa shape index (κ1) is 12.5. The Labute approximate surface area is 108 Å². The van der Waals surface area contributed by atoms with Gasteiger partial charge in [-0.15, -0.1) is 0 Å². The van der Waals surface area contributed by atoms with Crippen LogP contribution in [-0.4, -0.2) is 24.3 Å². The Balaban J connectivity index is 2.37. The summed E-state index contributed by atoms with van der Waals surface area (Å²) >= 11 is 0.984. The molecule has 1 aromatic carbocycles. The van der Waals surface area contributed by atoms with Gasteiger partial charge in [-0.05, 0) is 18.2 Å². The normalized spacial score (nSPS) is 10.3. The van der Waals surface area contributed by atoms with E-state index in [2.05, 4.69) is 4.98 Å². The number of H-pyrrole nitrogens is 1. The largest absolute Gasteiger partial charge is 0.497 e. The molecule has 18 heavy (non-hydrogen) atoms. The number of aromatic amines is 1. The van der Waals surface area contributed by atoms with Crippen molar-refractivity contribution in [1.82, 2.24) is 4.98 Å². The van der Waals surface area contributed by atoms with E-state index in [1.807, 2.05) is 6.07 Å². The first-order chi connectivity index (χ1) is 8.63. The quantitative estimate of drug-likeness (QED) is 0.885. The molecule has 0 unspecified atom stereocenters. The standard InChI is InChI=1S/C12H13NO4S/c1-16-8-3-4-9(17-2)7(5-8)6-10-11(14)13-12(15)18-10/h3-5,14H,6H2,1-2H3,(H,13,15). The van der Waals surface area contributed by atoms with E-state index in [9.17, 15) is 9.90 Å². The number of ether oxygens (including phenoxy) is 2. The molecule has 0 amide bonds. The second-order valence-corrected chi connectivity index (χ2v) is 4.71. The van der Waals surface area contributed by atoms with Crippen LogP contribution in [0.25, 0.3) is 0 Å². The molecule has 0 bridgehead atoms. The van der Waals surface area contributed by atoms with Crippen LogP contribution in [0.1, 0.15) is 10.4 Å². The van der Waals surface area contributed by atoms with E-state index in [0.717, 1.165) is 16.9 Å². The summed E-state index contributed by atoms with van der Waals surface area (Å²) in [6, 6.07) is 5.41. The first-order valence-corrected chi connectivity index (χ1v) is 6.07. The van der Waals surface area contributed by atoms with Gasteiger partial charge in [0.25, 0.3) is 0 Å². The first-order valence-electron chi connectivity index (χ1n) is 5.26. The van der Waals surface area contributed by atoms with E-state index < -0.39 is 0 Å². The summed E-state index contributed by atoms with van der Waals surface area (Å²) in [5, 5.41) is 9.57. The highest BCUT2D eigenvalue weighted by atomic mass is 32.1. The Morgan fingerprint density at radius 1 is 1.33 bits per heavy atom. The summed E-state index contributed by atoms with van der Waals surface area (Å²) in [6.07, 6.45) is 0.412. The molecule has 0 atom stereocenters. The van der Waals surface area contributed by atoms with Gasteiger partial charge in [0.2, 0.25) is 5.88 Å². The Morgan fingerprint density at radius 2 is 2.11 bits per heavy atom. The summed E-state index contributed by atoms with van der Waals surface area (Å²) in [7, 11) is 3.16. The number of hydrogen-bond acceptors (Lipinski definition) is 5. The monoisotopic (exact) mass is 267 g/mol. The summed E-state index contributed by atoms with van der Waals surface area (Å²) in [6.45, 7) is 0. The molecule has 2 N–H and O–H groups in total. The molecule has 2 aromatic rings. The van der Waals surface area contributed by atoms with Crippen molar-refractivity contribution in [3.8, 4) is 17.4 Å². The lowest BCUT2D eigenvalue weighted by atomic mass is 10.1. The number of aromatic hydroxyl groups is 1. The minimum absolute atomic E-state index is 0.0881. The number of aromatic nitrogens is 1. The van der Waals surface area contributed by atoms with E-state index in [1.165, 1.54) is 0 Å². The molecule has 2 rings (SSSR count). The number of nitrogens with one attached hydrogen (secondary N) is 1. The van der Waals surface area contributed by atoms with E-state index >= 15 is 0 Å². The van der Waals surface area contributed by atoms with Crippen molar-refractivity contribution in [3.63, 3.8) is 0 Å². The van der Waals surface area contributed by atoms with Crippen LogP contribution in [0.15, 0.2) is 23.0 Å². The molecule has 0 spiro atoms. The minimum Gasteiger partial charge on any atom is -0.497 e. The molecule has 0 fully saturated rings. The van der Waals surface area contributed by atoms with Crippen molar-refractivity contribution in [2.45, 2.75) is 6.42 Å². The highest BCUT2D eigenvalue weighted by molar-refractivity contribution is 7.09. The predicted octanol–water partition coefficient (Wildman–Crippen LogP) is 1.75. The minimum atomic E-state index is -0.274. The zero-order chi connectivity index (χ0) is 13.1. The molecule has 1 heterocycles. The molecule has 5 nitrogen and oxygen atoms in total. The summed E-state index contributed by atoms with van der Waals surface area (Å²) in [4.78, 5) is 13.8. The summed E-state index contributed by atoms with van der Waals surface area (Å²) in [5.41, 5.74) is 0.849. The molecule has 0 aliphatic carbocycles. The zero-order valence-electron chi connectivity index (χ0n) is 10.0. The van der Waals surface area contributed by atoms with Crippen molar-refractivity contribution in [2.24, 2.45) is 0 Å². The third-order valence-electron chi connectivity index (χ3n) is 2.54. The van der Waals surface area contributed by atoms with Gasteiger partial charge in [0, 0.05) is 12.0 Å². The number of methoxy groups -OCH3 is 2. The lowest BCUT2D eigenvalue weighted by Crippen LogP contribution is -1.94. The van der Waals surface area contributed by atoms with Gasteiger partial charge in [0.15, 0.2) is 0 Å². The van der Waals surface area contributed by atoms with Gasteiger partial charge in [0.1, 0.15) is 11.5 Å². The third-order valence-corrected chi connectivity index (χ3v) is 3.41. The highest BCUT2D eigenvalue weighted by Crippen LogP contribution is 2.29. The molecule has 0 radical (unpaired) electrons. The second-order valence-electron chi connectivity index (χ2n) is 3.64. The maximum absolute atomic E-state index is 11.1.